The van der Waals surface area contributed by atoms with Gasteiger partial charge in [0.15, 0.2) is 6.29 Å². The molecule has 0 aliphatic heterocycles. The smallest absolute Gasteiger partial charge is 0.157 e. The molecule has 0 aromatic heterocycles. The highest BCUT2D eigenvalue weighted by molar-refractivity contribution is 6.03. The summed E-state index contributed by atoms with van der Waals surface area (Å²) >= 11 is 0. The topological polar surface area (TPSA) is 53.9 Å². The largest absolute Gasteiger partial charge is 0.833 e. The lowest BCUT2D eigenvalue weighted by Gasteiger charge is -2.27. The lowest BCUT2D eigenvalue weighted by molar-refractivity contribution is -0.462. The zero-order valence-corrected chi connectivity index (χ0v) is 13.5. The molecular weight excluding hydrogens is 254 g/mol. The van der Waals surface area contributed by atoms with Crippen molar-refractivity contribution in [3.8, 4) is 0 Å². The van der Waals surface area contributed by atoms with Crippen molar-refractivity contribution in [2.75, 3.05) is 13.2 Å². The van der Waals surface area contributed by atoms with E-state index in [0.717, 1.165) is 31.4 Å². The van der Waals surface area contributed by atoms with E-state index in [4.69, 9.17) is 9.47 Å². The van der Waals surface area contributed by atoms with Gasteiger partial charge in [0.1, 0.15) is 0 Å². The second-order valence-electron chi connectivity index (χ2n) is 5.64. The van der Waals surface area contributed by atoms with E-state index < -0.39 is 5.72 Å². The third-order valence-corrected chi connectivity index (χ3v) is 3.34. The molecule has 0 radical (unpaired) electrons. The maximum atomic E-state index is 11.8. The molecule has 0 amide bonds. The number of allylic oxidation sites excluding steroid dienone is 2. The van der Waals surface area contributed by atoms with Crippen LogP contribution in [0.1, 0.15) is 60.3 Å². The van der Waals surface area contributed by atoms with Crippen LogP contribution in [0.25, 0.3) is 0 Å². The van der Waals surface area contributed by atoms with E-state index in [1.165, 1.54) is 11.1 Å². The molecule has 0 atom stereocenters. The van der Waals surface area contributed by atoms with Crippen LogP contribution in [0.15, 0.2) is 16.1 Å². The Morgan fingerprint density at radius 2 is 1.80 bits per heavy atom. The first-order valence-corrected chi connectivity index (χ1v) is 7.58. The second kappa shape index (κ2) is 7.91. The summed E-state index contributed by atoms with van der Waals surface area (Å²) in [5, 5.41) is 11.8. The van der Waals surface area contributed by atoms with E-state index in [-0.39, 0.29) is 6.29 Å². The van der Waals surface area contributed by atoms with Crippen LogP contribution in [-0.2, 0) is 9.47 Å². The van der Waals surface area contributed by atoms with E-state index in [0.29, 0.717) is 13.2 Å². The van der Waals surface area contributed by atoms with E-state index in [1.807, 2.05) is 13.8 Å². The standard InChI is InChI=1S/C16H28NO3/c1-6-19-15(20-7-2)11-9-13-12(3)8-10-14(13)17-16(4,5)18/h15H,6-11H2,1-5H3/q-1/b17-14+. The van der Waals surface area contributed by atoms with Crippen molar-refractivity contribution in [1.82, 2.24) is 0 Å². The summed E-state index contributed by atoms with van der Waals surface area (Å²) in [6, 6.07) is 0. The molecular formula is C16H28NO3-. The molecule has 1 rings (SSSR count). The van der Waals surface area contributed by atoms with Crippen molar-refractivity contribution in [2.24, 2.45) is 4.99 Å². The van der Waals surface area contributed by atoms with Crippen LogP contribution in [-0.4, -0.2) is 30.9 Å². The Hall–Kier alpha value is -0.710. The van der Waals surface area contributed by atoms with Gasteiger partial charge in [-0.25, -0.2) is 0 Å². The molecule has 0 heterocycles. The van der Waals surface area contributed by atoms with Crippen LogP contribution in [0, 0.1) is 0 Å². The molecule has 0 aromatic rings. The minimum atomic E-state index is -1.25. The molecule has 1 aliphatic rings. The first-order chi connectivity index (χ1) is 9.37. The third-order valence-electron chi connectivity index (χ3n) is 3.34. The first kappa shape index (κ1) is 17.3. The van der Waals surface area contributed by atoms with Gasteiger partial charge >= 0.3 is 0 Å². The lowest BCUT2D eigenvalue weighted by Crippen LogP contribution is -2.35. The molecule has 0 N–H and O–H groups in total. The molecule has 4 heteroatoms. The Morgan fingerprint density at radius 3 is 2.30 bits per heavy atom. The predicted molar refractivity (Wildman–Crippen MR) is 79.7 cm³/mol. The highest BCUT2D eigenvalue weighted by Gasteiger charge is 2.20. The highest BCUT2D eigenvalue weighted by Crippen LogP contribution is 2.29. The van der Waals surface area contributed by atoms with Crippen molar-refractivity contribution in [3.63, 3.8) is 0 Å². The molecule has 0 fully saturated rings. The Balaban J connectivity index is 2.68. The summed E-state index contributed by atoms with van der Waals surface area (Å²) < 4.78 is 11.1. The number of rotatable bonds is 8. The van der Waals surface area contributed by atoms with Gasteiger partial charge in [0.2, 0.25) is 0 Å². The van der Waals surface area contributed by atoms with Crippen LogP contribution in [0.5, 0.6) is 0 Å². The zero-order chi connectivity index (χ0) is 15.2. The van der Waals surface area contributed by atoms with Gasteiger partial charge in [-0.2, -0.15) is 0 Å². The van der Waals surface area contributed by atoms with Crippen LogP contribution >= 0.6 is 0 Å². The minimum absolute atomic E-state index is 0.160. The Morgan fingerprint density at radius 1 is 1.20 bits per heavy atom. The molecule has 0 unspecified atom stereocenters. The van der Waals surface area contributed by atoms with Gasteiger partial charge in [0.25, 0.3) is 0 Å². The average Bonchev–Trinajstić information content (AvgIpc) is 2.66. The van der Waals surface area contributed by atoms with E-state index in [1.54, 1.807) is 13.8 Å². The summed E-state index contributed by atoms with van der Waals surface area (Å²) in [4.78, 5) is 4.33. The fraction of sp³-hybridized carbons (Fsp3) is 0.812. The normalized spacial score (nSPS) is 18.6. The third kappa shape index (κ3) is 5.73. The van der Waals surface area contributed by atoms with Gasteiger partial charge in [0.05, 0.1) is 0 Å². The summed E-state index contributed by atoms with van der Waals surface area (Å²) in [5.74, 6) is 0. The van der Waals surface area contributed by atoms with Crippen molar-refractivity contribution >= 4 is 5.71 Å². The van der Waals surface area contributed by atoms with Crippen LogP contribution in [0.2, 0.25) is 0 Å². The molecule has 4 nitrogen and oxygen atoms in total. The van der Waals surface area contributed by atoms with Crippen LogP contribution in [0.3, 0.4) is 0 Å². The van der Waals surface area contributed by atoms with Gasteiger partial charge in [-0.3, -0.25) is 0 Å². The number of ether oxygens (including phenoxy) is 2. The molecule has 20 heavy (non-hydrogen) atoms. The van der Waals surface area contributed by atoms with Crippen molar-refractivity contribution < 1.29 is 14.6 Å². The Kier molecular flexibility index (Phi) is 6.86. The summed E-state index contributed by atoms with van der Waals surface area (Å²) in [6.07, 6.45) is 3.42. The summed E-state index contributed by atoms with van der Waals surface area (Å²) in [6.45, 7) is 10.6. The van der Waals surface area contributed by atoms with Crippen molar-refractivity contribution in [1.29, 1.82) is 0 Å². The van der Waals surface area contributed by atoms with E-state index in [9.17, 15) is 5.11 Å². The number of hydrogen-bond acceptors (Lipinski definition) is 4. The molecule has 0 bridgehead atoms. The van der Waals surface area contributed by atoms with Gasteiger partial charge in [-0.15, -0.1) is 0 Å². The predicted octanol–water partition coefficient (Wildman–Crippen LogP) is 2.81. The molecule has 0 saturated carbocycles. The molecule has 1 aliphatic carbocycles. The van der Waals surface area contributed by atoms with Crippen LogP contribution < -0.4 is 5.11 Å². The summed E-state index contributed by atoms with van der Waals surface area (Å²) in [5.41, 5.74) is 2.32. The zero-order valence-electron chi connectivity index (χ0n) is 13.5. The van der Waals surface area contributed by atoms with Gasteiger partial charge < -0.3 is 19.6 Å². The molecule has 116 valence electrons. The van der Waals surface area contributed by atoms with Gasteiger partial charge in [0, 0.05) is 25.3 Å². The Bertz CT molecular complexity index is 360. The molecule has 0 saturated heterocycles. The number of nitrogens with zero attached hydrogens (tertiary/aromatic N) is 1. The Labute approximate surface area is 122 Å². The van der Waals surface area contributed by atoms with Gasteiger partial charge in [-0.05, 0) is 51.3 Å². The number of hydrogen-bond donors (Lipinski definition) is 0. The molecule has 0 aromatic carbocycles. The lowest BCUT2D eigenvalue weighted by atomic mass is 10.0. The number of aliphatic imine (C=N–C) groups is 1. The van der Waals surface area contributed by atoms with Gasteiger partial charge in [-0.1, -0.05) is 19.4 Å². The van der Waals surface area contributed by atoms with Crippen molar-refractivity contribution in [3.05, 3.63) is 11.1 Å². The monoisotopic (exact) mass is 282 g/mol. The fourth-order valence-corrected chi connectivity index (χ4v) is 2.51. The van der Waals surface area contributed by atoms with Crippen LogP contribution in [0.4, 0.5) is 0 Å². The maximum Gasteiger partial charge on any atom is 0.157 e. The summed E-state index contributed by atoms with van der Waals surface area (Å²) in [7, 11) is 0. The molecule has 0 spiro atoms. The maximum absolute atomic E-state index is 11.8. The first-order valence-electron chi connectivity index (χ1n) is 7.58. The quantitative estimate of drug-likeness (QED) is 0.643. The minimum Gasteiger partial charge on any atom is -0.833 e. The average molecular weight is 282 g/mol. The fourth-order valence-electron chi connectivity index (χ4n) is 2.51. The van der Waals surface area contributed by atoms with E-state index in [2.05, 4.69) is 11.9 Å². The second-order valence-corrected chi connectivity index (χ2v) is 5.64. The highest BCUT2D eigenvalue weighted by atomic mass is 16.7. The SMILES string of the molecule is CCOC(CCC1=C(C)CC/C1=N\C(C)(C)[O-])OCC. The van der Waals surface area contributed by atoms with Crippen molar-refractivity contribution in [2.45, 2.75) is 72.3 Å². The van der Waals surface area contributed by atoms with E-state index >= 15 is 0 Å².